The first kappa shape index (κ1) is 19.7. The van der Waals surface area contributed by atoms with Gasteiger partial charge in [0.05, 0.1) is 6.61 Å². The number of H-pyrrole nitrogens is 1. The molecule has 0 bridgehead atoms. The fraction of sp³-hybridized carbons (Fsp3) is 0.375. The summed E-state index contributed by atoms with van der Waals surface area (Å²) in [7, 11) is -4.87. The zero-order valence-corrected chi connectivity index (χ0v) is 15.2. The van der Waals surface area contributed by atoms with Gasteiger partial charge in [-0.1, -0.05) is 30.3 Å². The highest BCUT2D eigenvalue weighted by Gasteiger charge is 2.51. The Morgan fingerprint density at radius 3 is 2.59 bits per heavy atom. The fourth-order valence-corrected chi connectivity index (χ4v) is 3.79. The maximum atomic E-state index is 12.5. The van der Waals surface area contributed by atoms with E-state index in [0.717, 1.165) is 4.57 Å². The molecule has 3 rings (SSSR count). The summed E-state index contributed by atoms with van der Waals surface area (Å²) in [6, 6.07) is 8.49. The van der Waals surface area contributed by atoms with E-state index in [-0.39, 0.29) is 12.0 Å². The molecule has 27 heavy (non-hydrogen) atoms. The Kier molecular flexibility index (Phi) is 5.22. The second-order valence-electron chi connectivity index (χ2n) is 6.27. The van der Waals surface area contributed by atoms with E-state index in [1.807, 2.05) is 0 Å². The summed E-state index contributed by atoms with van der Waals surface area (Å²) in [5.41, 5.74) is -2.11. The minimum absolute atomic E-state index is 0.168. The van der Waals surface area contributed by atoms with Crippen LogP contribution in [0.1, 0.15) is 17.5 Å². The lowest BCUT2D eigenvalue weighted by atomic mass is 9.97. The van der Waals surface area contributed by atoms with Crippen molar-refractivity contribution < 1.29 is 28.7 Å². The van der Waals surface area contributed by atoms with E-state index in [9.17, 15) is 29.0 Å². The van der Waals surface area contributed by atoms with Crippen molar-refractivity contribution in [1.82, 2.24) is 9.55 Å². The molecule has 3 atom stereocenters. The number of aliphatic hydroxyl groups excluding tert-OH is 1. The first-order valence-corrected chi connectivity index (χ1v) is 9.60. The molecule has 2 heterocycles. The zero-order valence-electron chi connectivity index (χ0n) is 14.3. The van der Waals surface area contributed by atoms with Gasteiger partial charge in [-0.2, -0.15) is 0 Å². The molecular weight excluding hydrogens is 379 g/mol. The number of aliphatic hydroxyl groups is 1. The van der Waals surface area contributed by atoms with Crippen LogP contribution in [-0.4, -0.2) is 43.3 Å². The van der Waals surface area contributed by atoms with E-state index in [4.69, 9.17) is 9.26 Å². The van der Waals surface area contributed by atoms with Gasteiger partial charge in [0.1, 0.15) is 12.2 Å². The molecule has 0 radical (unpaired) electrons. The Morgan fingerprint density at radius 2 is 2.00 bits per heavy atom. The van der Waals surface area contributed by atoms with E-state index in [0.29, 0.717) is 5.56 Å². The molecule has 1 fully saturated rings. The van der Waals surface area contributed by atoms with Gasteiger partial charge >= 0.3 is 13.5 Å². The number of benzene rings is 1. The number of ether oxygens (including phenoxy) is 1. The van der Waals surface area contributed by atoms with Crippen LogP contribution in [0, 0.1) is 6.92 Å². The van der Waals surface area contributed by atoms with Crippen molar-refractivity contribution in [2.45, 2.75) is 31.3 Å². The Bertz CT molecular complexity index is 982. The monoisotopic (exact) mass is 398 g/mol. The normalized spacial score (nSPS) is 25.6. The molecule has 2 aromatic rings. The van der Waals surface area contributed by atoms with Crippen LogP contribution >= 0.6 is 7.82 Å². The quantitative estimate of drug-likeness (QED) is 0.506. The second-order valence-corrected chi connectivity index (χ2v) is 7.46. The van der Waals surface area contributed by atoms with Crippen LogP contribution in [0.25, 0.3) is 0 Å². The Hall–Kier alpha value is -2.07. The van der Waals surface area contributed by atoms with Crippen molar-refractivity contribution >= 4 is 7.82 Å². The van der Waals surface area contributed by atoms with Crippen LogP contribution in [0.2, 0.25) is 0 Å². The van der Waals surface area contributed by atoms with Gasteiger partial charge in [0.2, 0.25) is 0 Å². The van der Waals surface area contributed by atoms with Crippen LogP contribution in [-0.2, 0) is 19.6 Å². The van der Waals surface area contributed by atoms with Gasteiger partial charge in [-0.3, -0.25) is 18.9 Å². The van der Waals surface area contributed by atoms with Gasteiger partial charge in [0, 0.05) is 23.7 Å². The maximum absolute atomic E-state index is 12.5. The summed E-state index contributed by atoms with van der Waals surface area (Å²) in [4.78, 5) is 44.8. The fourth-order valence-electron chi connectivity index (χ4n) is 3.23. The minimum atomic E-state index is -4.87. The number of aromatic amines is 1. The Labute approximate surface area is 153 Å². The van der Waals surface area contributed by atoms with E-state index in [2.05, 4.69) is 4.98 Å². The van der Waals surface area contributed by atoms with Crippen molar-refractivity contribution in [2.75, 3.05) is 6.61 Å². The highest BCUT2D eigenvalue weighted by Crippen LogP contribution is 2.47. The summed E-state index contributed by atoms with van der Waals surface area (Å²) in [6.45, 7) is 0.923. The SMILES string of the molecule is Cc1cn([C@@]2(c3ccccc3)C[C@H](OP(=O)(O)O)[C@@H](CO)O2)c(=O)[nH]c1=O. The van der Waals surface area contributed by atoms with Crippen LogP contribution < -0.4 is 11.2 Å². The van der Waals surface area contributed by atoms with Crippen LogP contribution in [0.15, 0.2) is 46.1 Å². The Balaban J connectivity index is 2.20. The average Bonchev–Trinajstić information content (AvgIpc) is 2.96. The Morgan fingerprint density at radius 1 is 1.33 bits per heavy atom. The van der Waals surface area contributed by atoms with E-state index in [1.165, 1.54) is 13.1 Å². The molecule has 1 aliphatic rings. The summed E-state index contributed by atoms with van der Waals surface area (Å²) < 4.78 is 23.2. The molecule has 0 amide bonds. The zero-order chi connectivity index (χ0) is 19.8. The van der Waals surface area contributed by atoms with Crippen molar-refractivity contribution in [3.8, 4) is 0 Å². The molecule has 146 valence electrons. The summed E-state index contributed by atoms with van der Waals surface area (Å²) in [6.07, 6.45) is -1.14. The molecule has 11 heteroatoms. The van der Waals surface area contributed by atoms with Crippen molar-refractivity contribution in [3.63, 3.8) is 0 Å². The van der Waals surface area contributed by atoms with Crippen LogP contribution in [0.3, 0.4) is 0 Å². The van der Waals surface area contributed by atoms with E-state index >= 15 is 0 Å². The minimum Gasteiger partial charge on any atom is -0.394 e. The molecule has 0 unspecified atom stereocenters. The highest BCUT2D eigenvalue weighted by molar-refractivity contribution is 7.46. The van der Waals surface area contributed by atoms with Gasteiger partial charge in [-0.25, -0.2) is 9.36 Å². The third kappa shape index (κ3) is 3.81. The molecule has 0 saturated carbocycles. The molecule has 1 aromatic carbocycles. The second kappa shape index (κ2) is 7.16. The lowest BCUT2D eigenvalue weighted by Gasteiger charge is -2.31. The third-order valence-electron chi connectivity index (χ3n) is 4.43. The molecule has 1 aliphatic heterocycles. The van der Waals surface area contributed by atoms with Gasteiger partial charge in [-0.15, -0.1) is 0 Å². The molecular formula is C16H19N2O8P. The van der Waals surface area contributed by atoms with Gasteiger partial charge in [0.25, 0.3) is 5.56 Å². The van der Waals surface area contributed by atoms with Crippen molar-refractivity contribution in [2.24, 2.45) is 0 Å². The van der Waals surface area contributed by atoms with Gasteiger partial charge in [-0.05, 0) is 6.92 Å². The topological polar surface area (TPSA) is 151 Å². The first-order valence-electron chi connectivity index (χ1n) is 8.07. The molecule has 10 nitrogen and oxygen atoms in total. The molecule has 1 aromatic heterocycles. The molecule has 0 aliphatic carbocycles. The smallest absolute Gasteiger partial charge is 0.394 e. The number of aromatic nitrogens is 2. The molecule has 1 saturated heterocycles. The lowest BCUT2D eigenvalue weighted by Crippen LogP contribution is -2.45. The number of hydrogen-bond acceptors (Lipinski definition) is 6. The number of nitrogens with zero attached hydrogens (tertiary/aromatic N) is 1. The summed E-state index contributed by atoms with van der Waals surface area (Å²) >= 11 is 0. The number of phosphoric ester groups is 1. The number of hydrogen-bond donors (Lipinski definition) is 4. The van der Waals surface area contributed by atoms with Gasteiger partial charge < -0.3 is 19.6 Å². The molecule has 0 spiro atoms. The third-order valence-corrected chi connectivity index (χ3v) is 4.97. The number of aryl methyl sites for hydroxylation is 1. The predicted molar refractivity (Wildman–Crippen MR) is 93.1 cm³/mol. The van der Waals surface area contributed by atoms with Gasteiger partial charge in [0.15, 0.2) is 5.72 Å². The van der Waals surface area contributed by atoms with Crippen LogP contribution in [0.5, 0.6) is 0 Å². The summed E-state index contributed by atoms with van der Waals surface area (Å²) in [5.74, 6) is 0. The van der Waals surface area contributed by atoms with E-state index < -0.39 is 43.6 Å². The van der Waals surface area contributed by atoms with Crippen molar-refractivity contribution in [1.29, 1.82) is 0 Å². The average molecular weight is 398 g/mol. The summed E-state index contributed by atoms with van der Waals surface area (Å²) in [5, 5.41) is 9.62. The first-order chi connectivity index (χ1) is 12.7. The number of phosphoric acid groups is 1. The predicted octanol–water partition coefficient (Wildman–Crippen LogP) is -0.195. The lowest BCUT2D eigenvalue weighted by molar-refractivity contribution is -0.0933. The number of nitrogens with one attached hydrogen (secondary N) is 1. The largest absolute Gasteiger partial charge is 0.469 e. The standard InChI is InChI=1S/C16H19N2O8P/c1-10-8-18(15(21)17-14(10)20)16(11-5-3-2-4-6-11)7-12(13(9-19)25-16)26-27(22,23)24/h2-6,8,12-13,19H,7,9H2,1H3,(H,17,20,21)(H2,22,23,24)/t12-,13+,16-/m0/s1. The molecule has 4 N–H and O–H groups in total. The highest BCUT2D eigenvalue weighted by atomic mass is 31.2. The van der Waals surface area contributed by atoms with E-state index in [1.54, 1.807) is 30.3 Å². The van der Waals surface area contributed by atoms with Crippen molar-refractivity contribution in [3.05, 3.63) is 68.5 Å². The van der Waals surface area contributed by atoms with Crippen LogP contribution in [0.4, 0.5) is 0 Å². The number of rotatable bonds is 5. The maximum Gasteiger partial charge on any atom is 0.469 e.